The molecule has 1 aliphatic rings. The van der Waals surface area contributed by atoms with Crippen LogP contribution in [0.25, 0.3) is 0 Å². The molecule has 1 rings (SSSR count). The fourth-order valence-corrected chi connectivity index (χ4v) is 2.56. The molecule has 1 unspecified atom stereocenters. The summed E-state index contributed by atoms with van der Waals surface area (Å²) in [5.41, 5.74) is 6.17. The minimum absolute atomic E-state index is 0.0456. The van der Waals surface area contributed by atoms with Gasteiger partial charge in [-0.25, -0.2) is 0 Å². The fraction of sp³-hybridized carbons (Fsp3) is 0.667. The first kappa shape index (κ1) is 19.2. The highest BCUT2D eigenvalue weighted by atomic mass is 16.5. The number of nitrogens with two attached hydrogens (primary N) is 1. The van der Waals surface area contributed by atoms with Crippen LogP contribution in [0, 0.1) is 23.2 Å². The van der Waals surface area contributed by atoms with E-state index in [2.05, 4.69) is 6.07 Å². The van der Waals surface area contributed by atoms with Crippen LogP contribution in [0.15, 0.2) is 24.0 Å². The Morgan fingerprint density at radius 3 is 2.61 bits per heavy atom. The predicted molar refractivity (Wildman–Crippen MR) is 91.2 cm³/mol. The molecule has 1 aliphatic heterocycles. The van der Waals surface area contributed by atoms with Gasteiger partial charge >= 0.3 is 0 Å². The van der Waals surface area contributed by atoms with Gasteiger partial charge in [0, 0.05) is 13.1 Å². The van der Waals surface area contributed by atoms with Gasteiger partial charge in [0.15, 0.2) is 0 Å². The molecule has 1 fully saturated rings. The molecule has 0 radical (unpaired) electrons. The summed E-state index contributed by atoms with van der Waals surface area (Å²) in [6, 6.07) is 1.58. The first-order valence-electron chi connectivity index (χ1n) is 8.38. The molecule has 3 atom stereocenters. The van der Waals surface area contributed by atoms with Crippen LogP contribution in [0.5, 0.6) is 0 Å². The lowest BCUT2D eigenvalue weighted by Crippen LogP contribution is -2.48. The fourth-order valence-electron chi connectivity index (χ4n) is 2.56. The Labute approximate surface area is 139 Å². The zero-order valence-electron chi connectivity index (χ0n) is 14.5. The summed E-state index contributed by atoms with van der Waals surface area (Å²) in [4.78, 5) is 14.2. The molecule has 0 aromatic carbocycles. The molecule has 23 heavy (non-hydrogen) atoms. The number of hydrogen-bond donors (Lipinski definition) is 1. The second kappa shape index (κ2) is 10.1. The van der Waals surface area contributed by atoms with E-state index in [1.54, 1.807) is 12.2 Å². The monoisotopic (exact) mass is 319 g/mol. The second-order valence-electron chi connectivity index (χ2n) is 6.16. The van der Waals surface area contributed by atoms with Crippen LogP contribution in [0.3, 0.4) is 0 Å². The smallest absolute Gasteiger partial charge is 0.239 e. The number of nitrogens with zero attached hydrogens (tertiary/aromatic N) is 2. The number of nitriles is 1. The third kappa shape index (κ3) is 6.07. The first-order chi connectivity index (χ1) is 11.0. The van der Waals surface area contributed by atoms with Crippen LogP contribution in [-0.4, -0.2) is 36.5 Å². The highest BCUT2D eigenvalue weighted by molar-refractivity contribution is 5.82. The second-order valence-corrected chi connectivity index (χ2v) is 6.16. The maximum absolute atomic E-state index is 12.4. The van der Waals surface area contributed by atoms with Gasteiger partial charge in [-0.3, -0.25) is 4.79 Å². The predicted octanol–water partition coefficient (Wildman–Crippen LogP) is 2.60. The lowest BCUT2D eigenvalue weighted by Gasteiger charge is -2.28. The van der Waals surface area contributed by atoms with E-state index in [4.69, 9.17) is 15.7 Å². The normalized spacial score (nSPS) is 19.4. The van der Waals surface area contributed by atoms with E-state index in [1.807, 2.05) is 31.7 Å². The number of rotatable bonds is 8. The minimum Gasteiger partial charge on any atom is -0.494 e. The van der Waals surface area contributed by atoms with Crippen molar-refractivity contribution in [3.63, 3.8) is 0 Å². The molecule has 1 saturated heterocycles. The van der Waals surface area contributed by atoms with E-state index >= 15 is 0 Å². The van der Waals surface area contributed by atoms with E-state index < -0.39 is 6.04 Å². The molecule has 0 bridgehead atoms. The summed E-state index contributed by atoms with van der Waals surface area (Å²) < 4.78 is 5.76. The van der Waals surface area contributed by atoms with Crippen molar-refractivity contribution in [1.29, 1.82) is 5.26 Å². The summed E-state index contributed by atoms with van der Waals surface area (Å²) in [5.74, 6) is 1.00. The number of hydrogen-bond acceptors (Lipinski definition) is 4. The Kier molecular flexibility index (Phi) is 8.42. The summed E-state index contributed by atoms with van der Waals surface area (Å²) >= 11 is 0. The Balaban J connectivity index is 2.47. The van der Waals surface area contributed by atoms with Gasteiger partial charge in [-0.2, -0.15) is 5.26 Å². The van der Waals surface area contributed by atoms with Crippen LogP contribution < -0.4 is 5.73 Å². The Hall–Kier alpha value is -1.80. The topological polar surface area (TPSA) is 79.3 Å². The molecule has 1 amide bonds. The van der Waals surface area contributed by atoms with Gasteiger partial charge < -0.3 is 15.4 Å². The van der Waals surface area contributed by atoms with Crippen LogP contribution in [0.4, 0.5) is 0 Å². The first-order valence-corrected chi connectivity index (χ1v) is 8.38. The van der Waals surface area contributed by atoms with Crippen LogP contribution >= 0.6 is 0 Å². The average Bonchev–Trinajstić information content (AvgIpc) is 3.10. The van der Waals surface area contributed by atoms with Gasteiger partial charge in [0.25, 0.3) is 0 Å². The Morgan fingerprint density at radius 1 is 1.39 bits per heavy atom. The summed E-state index contributed by atoms with van der Waals surface area (Å²) in [6.07, 6.45) is 7.95. The third-order valence-electron chi connectivity index (χ3n) is 4.46. The molecule has 0 aliphatic carbocycles. The maximum Gasteiger partial charge on any atom is 0.239 e. The Bertz CT molecular complexity index is 473. The van der Waals surface area contributed by atoms with Crippen LogP contribution in [0.1, 0.15) is 40.0 Å². The molecular formula is C18H29N3O2. The molecule has 0 spiro atoms. The van der Waals surface area contributed by atoms with Crippen molar-refractivity contribution < 1.29 is 9.53 Å². The van der Waals surface area contributed by atoms with Crippen molar-refractivity contribution in [2.45, 2.75) is 46.1 Å². The van der Waals surface area contributed by atoms with Crippen molar-refractivity contribution in [3.05, 3.63) is 24.0 Å². The molecule has 2 N–H and O–H groups in total. The zero-order valence-corrected chi connectivity index (χ0v) is 14.5. The van der Waals surface area contributed by atoms with Crippen molar-refractivity contribution in [2.75, 3.05) is 19.7 Å². The Morgan fingerprint density at radius 2 is 2.04 bits per heavy atom. The van der Waals surface area contributed by atoms with Gasteiger partial charge in [0.2, 0.25) is 5.91 Å². The van der Waals surface area contributed by atoms with E-state index in [-0.39, 0.29) is 17.7 Å². The van der Waals surface area contributed by atoms with Crippen LogP contribution in [0.2, 0.25) is 0 Å². The number of likely N-dealkylation sites (tertiary alicyclic amines) is 1. The third-order valence-corrected chi connectivity index (χ3v) is 4.46. The van der Waals surface area contributed by atoms with Gasteiger partial charge in [-0.15, -0.1) is 0 Å². The quantitative estimate of drug-likeness (QED) is 0.551. The average molecular weight is 319 g/mol. The molecule has 0 saturated carbocycles. The summed E-state index contributed by atoms with van der Waals surface area (Å²) in [5, 5.41) is 8.53. The standard InChI is InChI=1S/C18H29N3O2/c1-4-16(9-5-6-10-19)23-13-14(2)15(3)17(20)18(22)21-11-7-8-12-21/h4-5,9,14-15,17H,6-8,11-13,20H2,1-3H3/b9-5-,16-4+/t14-,15+,17?/m1/s1. The molecule has 0 aromatic rings. The van der Waals surface area contributed by atoms with E-state index in [0.29, 0.717) is 13.0 Å². The number of ether oxygens (including phenoxy) is 1. The maximum atomic E-state index is 12.4. The SMILES string of the molecule is C/C=C(\C=C/CC#N)OC[C@@H](C)[C@H](C)C(N)C(=O)N1CCCC1. The minimum atomic E-state index is -0.477. The lowest BCUT2D eigenvalue weighted by molar-refractivity contribution is -0.133. The number of carbonyl (C=O) groups is 1. The van der Waals surface area contributed by atoms with Crippen molar-refractivity contribution in [2.24, 2.45) is 17.6 Å². The van der Waals surface area contributed by atoms with E-state index in [0.717, 1.165) is 31.7 Å². The number of amides is 1. The van der Waals surface area contributed by atoms with Gasteiger partial charge in [0.05, 0.1) is 25.1 Å². The highest BCUT2D eigenvalue weighted by Gasteiger charge is 2.30. The molecule has 5 nitrogen and oxygen atoms in total. The van der Waals surface area contributed by atoms with Crippen LogP contribution in [-0.2, 0) is 9.53 Å². The van der Waals surface area contributed by atoms with E-state index in [1.165, 1.54) is 0 Å². The molecular weight excluding hydrogens is 290 g/mol. The number of allylic oxidation sites excluding steroid dienone is 3. The van der Waals surface area contributed by atoms with Crippen molar-refractivity contribution in [3.8, 4) is 6.07 Å². The molecule has 5 heteroatoms. The highest BCUT2D eigenvalue weighted by Crippen LogP contribution is 2.19. The largest absolute Gasteiger partial charge is 0.494 e. The molecule has 128 valence electrons. The van der Waals surface area contributed by atoms with Gasteiger partial charge in [-0.1, -0.05) is 19.9 Å². The van der Waals surface area contributed by atoms with Gasteiger partial charge in [-0.05, 0) is 43.8 Å². The van der Waals surface area contributed by atoms with Crippen molar-refractivity contribution >= 4 is 5.91 Å². The van der Waals surface area contributed by atoms with Gasteiger partial charge in [0.1, 0.15) is 5.76 Å². The summed E-state index contributed by atoms with van der Waals surface area (Å²) in [7, 11) is 0. The molecule has 1 heterocycles. The molecule has 0 aromatic heterocycles. The van der Waals surface area contributed by atoms with Crippen molar-refractivity contribution in [1.82, 2.24) is 4.90 Å². The summed E-state index contributed by atoms with van der Waals surface area (Å²) in [6.45, 7) is 8.11. The lowest BCUT2D eigenvalue weighted by atomic mass is 9.89. The van der Waals surface area contributed by atoms with E-state index in [9.17, 15) is 4.79 Å². The number of carbonyl (C=O) groups excluding carboxylic acids is 1. The zero-order chi connectivity index (χ0) is 17.2.